The highest BCUT2D eigenvalue weighted by Gasteiger charge is 2.59. The van der Waals surface area contributed by atoms with Crippen LogP contribution in [-0.4, -0.2) is 28.8 Å². The van der Waals surface area contributed by atoms with Crippen molar-refractivity contribution in [1.29, 1.82) is 0 Å². The first kappa shape index (κ1) is 27.4. The molecular formula is C30H58O2Si2. The lowest BCUT2D eigenvalue weighted by Gasteiger charge is -2.57. The van der Waals surface area contributed by atoms with E-state index in [9.17, 15) is 0 Å². The van der Waals surface area contributed by atoms with Crippen LogP contribution in [-0.2, 0) is 8.85 Å². The van der Waals surface area contributed by atoms with E-state index in [1.807, 2.05) is 0 Å². The van der Waals surface area contributed by atoms with Gasteiger partial charge in [0.25, 0.3) is 0 Å². The second-order valence-corrected chi connectivity index (χ2v) is 25.8. The Morgan fingerprint density at radius 1 is 0.647 bits per heavy atom. The summed E-state index contributed by atoms with van der Waals surface area (Å²) in [5.74, 6) is 4.75. The third-order valence-corrected chi connectivity index (χ3v) is 21.4. The molecule has 0 bridgehead atoms. The van der Waals surface area contributed by atoms with Crippen molar-refractivity contribution in [3.8, 4) is 0 Å². The van der Waals surface area contributed by atoms with Crippen LogP contribution in [0, 0.1) is 35.0 Å². The van der Waals surface area contributed by atoms with E-state index < -0.39 is 16.6 Å². The highest BCUT2D eigenvalue weighted by Crippen LogP contribution is 2.63. The predicted molar refractivity (Wildman–Crippen MR) is 151 cm³/mol. The highest BCUT2D eigenvalue weighted by molar-refractivity contribution is 6.74. The van der Waals surface area contributed by atoms with Crippen molar-refractivity contribution in [2.24, 2.45) is 35.0 Å². The van der Waals surface area contributed by atoms with Crippen molar-refractivity contribution in [3.63, 3.8) is 0 Å². The third-order valence-electron chi connectivity index (χ3n) is 12.3. The summed E-state index contributed by atoms with van der Waals surface area (Å²) < 4.78 is 14.1. The fraction of sp³-hybridized carbons (Fsp3) is 1.00. The van der Waals surface area contributed by atoms with Gasteiger partial charge in [0.05, 0.1) is 6.10 Å². The molecule has 34 heavy (non-hydrogen) atoms. The van der Waals surface area contributed by atoms with Gasteiger partial charge in [0, 0.05) is 6.10 Å². The Labute approximate surface area is 215 Å². The predicted octanol–water partition coefficient (Wildman–Crippen LogP) is 9.42. The quantitative estimate of drug-likeness (QED) is 0.353. The first-order valence-electron chi connectivity index (χ1n) is 14.8. The standard InChI is InChI=1S/C30H58O2Si2/c1-28(2,3)33(8,9)31-22-13-15-23-21(20-22)12-14-25-24(23)18-19-30(7)26(25)16-17-27(30)32-34(10,11)29(4,5)6/h21-27H,12-20H2,1-11H3. The monoisotopic (exact) mass is 506 g/mol. The van der Waals surface area contributed by atoms with Crippen LogP contribution >= 0.6 is 0 Å². The van der Waals surface area contributed by atoms with Crippen molar-refractivity contribution in [2.75, 3.05) is 0 Å². The molecule has 0 aromatic carbocycles. The molecule has 0 spiro atoms. The summed E-state index contributed by atoms with van der Waals surface area (Å²) in [6.07, 6.45) is 13.7. The Morgan fingerprint density at radius 2 is 1.24 bits per heavy atom. The molecule has 4 saturated carbocycles. The summed E-state index contributed by atoms with van der Waals surface area (Å²) in [5, 5.41) is 0.628. The lowest BCUT2D eigenvalue weighted by atomic mass is 9.50. The molecule has 8 unspecified atom stereocenters. The Morgan fingerprint density at radius 3 is 1.85 bits per heavy atom. The maximum absolute atomic E-state index is 7.14. The zero-order chi connectivity index (χ0) is 25.3. The second kappa shape index (κ2) is 8.98. The number of hydrogen-bond donors (Lipinski definition) is 0. The van der Waals surface area contributed by atoms with Gasteiger partial charge in [-0.05, 0) is 129 Å². The Bertz CT molecular complexity index is 733. The molecule has 0 aromatic rings. The smallest absolute Gasteiger partial charge is 0.192 e. The van der Waals surface area contributed by atoms with Crippen molar-refractivity contribution >= 4 is 16.6 Å². The summed E-state index contributed by atoms with van der Waals surface area (Å²) >= 11 is 0. The van der Waals surface area contributed by atoms with Gasteiger partial charge in [0.1, 0.15) is 0 Å². The van der Waals surface area contributed by atoms with Gasteiger partial charge < -0.3 is 8.85 Å². The minimum atomic E-state index is -1.72. The van der Waals surface area contributed by atoms with E-state index in [0.29, 0.717) is 27.7 Å². The topological polar surface area (TPSA) is 18.5 Å². The van der Waals surface area contributed by atoms with Crippen LogP contribution in [0.4, 0.5) is 0 Å². The van der Waals surface area contributed by atoms with Gasteiger partial charge in [-0.1, -0.05) is 48.5 Å². The minimum Gasteiger partial charge on any atom is -0.414 e. The van der Waals surface area contributed by atoms with Gasteiger partial charge in [0.2, 0.25) is 0 Å². The SMILES string of the molecule is CC12CCC3C4CCC(O[Si](C)(C)C(C)(C)C)CC4CCC3C1CCC2O[Si](C)(C)C(C)(C)C. The lowest BCUT2D eigenvalue weighted by Crippen LogP contribution is -2.53. The van der Waals surface area contributed by atoms with Gasteiger partial charge >= 0.3 is 0 Å². The molecule has 8 atom stereocenters. The van der Waals surface area contributed by atoms with Crippen LogP contribution in [0.15, 0.2) is 0 Å². The molecule has 4 fully saturated rings. The first-order chi connectivity index (χ1) is 15.5. The third kappa shape index (κ3) is 4.81. The molecule has 4 rings (SSSR count). The van der Waals surface area contributed by atoms with Crippen LogP contribution in [0.25, 0.3) is 0 Å². The van der Waals surface area contributed by atoms with E-state index in [1.54, 1.807) is 0 Å². The maximum atomic E-state index is 7.14. The maximum Gasteiger partial charge on any atom is 0.192 e. The molecule has 0 heterocycles. The zero-order valence-electron chi connectivity index (χ0n) is 24.7. The second-order valence-electron chi connectivity index (χ2n) is 16.2. The van der Waals surface area contributed by atoms with Gasteiger partial charge in [0.15, 0.2) is 16.6 Å². The number of hydrogen-bond acceptors (Lipinski definition) is 2. The fourth-order valence-electron chi connectivity index (χ4n) is 8.19. The Kier molecular flexibility index (Phi) is 7.23. The highest BCUT2D eigenvalue weighted by atomic mass is 28.4. The average molecular weight is 507 g/mol. The summed E-state index contributed by atoms with van der Waals surface area (Å²) in [4.78, 5) is 0. The minimum absolute atomic E-state index is 0.307. The van der Waals surface area contributed by atoms with E-state index in [2.05, 4.69) is 74.7 Å². The van der Waals surface area contributed by atoms with Crippen molar-refractivity contribution in [2.45, 2.75) is 155 Å². The van der Waals surface area contributed by atoms with Crippen molar-refractivity contribution in [3.05, 3.63) is 0 Å². The molecule has 4 aliphatic carbocycles. The zero-order valence-corrected chi connectivity index (χ0v) is 26.7. The summed E-state index contributed by atoms with van der Waals surface area (Å²) in [7, 11) is -3.38. The Hall–Kier alpha value is 0.354. The van der Waals surface area contributed by atoms with E-state index in [4.69, 9.17) is 8.85 Å². The van der Waals surface area contributed by atoms with Crippen LogP contribution in [0.1, 0.15) is 106 Å². The normalized spacial score (nSPS) is 41.6. The molecule has 0 saturated heterocycles. The van der Waals surface area contributed by atoms with Gasteiger partial charge in [-0.25, -0.2) is 0 Å². The van der Waals surface area contributed by atoms with Crippen molar-refractivity contribution < 1.29 is 8.85 Å². The average Bonchev–Trinajstić information content (AvgIpc) is 3.01. The molecular weight excluding hydrogens is 449 g/mol. The molecule has 0 aliphatic heterocycles. The molecule has 0 radical (unpaired) electrons. The Balaban J connectivity index is 1.42. The van der Waals surface area contributed by atoms with E-state index in [1.165, 1.54) is 57.8 Å². The number of fused-ring (bicyclic) bond motifs is 5. The molecule has 2 nitrogen and oxygen atoms in total. The van der Waals surface area contributed by atoms with Gasteiger partial charge in [-0.15, -0.1) is 0 Å². The molecule has 198 valence electrons. The number of rotatable bonds is 4. The fourth-order valence-corrected chi connectivity index (χ4v) is 11.0. The largest absolute Gasteiger partial charge is 0.414 e. The summed E-state index contributed by atoms with van der Waals surface area (Å²) in [5.41, 5.74) is 0.423. The van der Waals surface area contributed by atoms with Gasteiger partial charge in [-0.3, -0.25) is 0 Å². The van der Waals surface area contributed by atoms with Crippen LogP contribution in [0.2, 0.25) is 36.3 Å². The van der Waals surface area contributed by atoms with Gasteiger partial charge in [-0.2, -0.15) is 0 Å². The lowest BCUT2D eigenvalue weighted by molar-refractivity contribution is -0.0877. The summed E-state index contributed by atoms with van der Waals surface area (Å²) in [6, 6.07) is 0. The molecule has 0 N–H and O–H groups in total. The van der Waals surface area contributed by atoms with E-state index in [-0.39, 0.29) is 0 Å². The summed E-state index contributed by atoms with van der Waals surface area (Å²) in [6.45, 7) is 26.8. The molecule has 0 amide bonds. The van der Waals surface area contributed by atoms with Crippen LogP contribution in [0.5, 0.6) is 0 Å². The molecule has 0 aromatic heterocycles. The van der Waals surface area contributed by atoms with Crippen LogP contribution < -0.4 is 0 Å². The van der Waals surface area contributed by atoms with Crippen LogP contribution in [0.3, 0.4) is 0 Å². The molecule has 4 heteroatoms. The van der Waals surface area contributed by atoms with E-state index >= 15 is 0 Å². The first-order valence-corrected chi connectivity index (χ1v) is 20.6. The van der Waals surface area contributed by atoms with E-state index in [0.717, 1.165) is 29.6 Å². The van der Waals surface area contributed by atoms with Crippen molar-refractivity contribution in [1.82, 2.24) is 0 Å². The molecule has 4 aliphatic rings.